The van der Waals surface area contributed by atoms with Crippen LogP contribution in [-0.4, -0.2) is 76.1 Å². The summed E-state index contributed by atoms with van der Waals surface area (Å²) in [5.74, 6) is 0.154. The molecule has 2 amide bonds. The number of likely N-dealkylation sites (tertiary alicyclic amines) is 3. The molecule has 0 spiro atoms. The van der Waals surface area contributed by atoms with Crippen molar-refractivity contribution >= 4 is 17.6 Å². The summed E-state index contributed by atoms with van der Waals surface area (Å²) >= 11 is 0. The molecule has 3 aliphatic heterocycles. The van der Waals surface area contributed by atoms with Crippen LogP contribution in [0.3, 0.4) is 0 Å². The first-order valence-electron chi connectivity index (χ1n) is 9.79. The molecular weight excluding hydrogens is 318 g/mol. The first-order valence-corrected chi connectivity index (χ1v) is 9.79. The van der Waals surface area contributed by atoms with Crippen molar-refractivity contribution < 1.29 is 14.4 Å². The van der Waals surface area contributed by atoms with E-state index in [0.717, 1.165) is 45.1 Å². The van der Waals surface area contributed by atoms with Crippen LogP contribution in [0.15, 0.2) is 0 Å². The van der Waals surface area contributed by atoms with Crippen LogP contribution in [0.5, 0.6) is 0 Å². The van der Waals surface area contributed by atoms with Crippen molar-refractivity contribution in [2.24, 2.45) is 0 Å². The molecule has 3 heterocycles. The minimum Gasteiger partial charge on any atom is -0.331 e. The molecule has 3 saturated heterocycles. The van der Waals surface area contributed by atoms with Crippen molar-refractivity contribution in [2.45, 2.75) is 83.5 Å². The molecule has 0 N–H and O–H groups in total. The average Bonchev–Trinajstić information content (AvgIpc) is 3.32. The monoisotopic (exact) mass is 349 g/mol. The molecule has 0 aromatic carbocycles. The first kappa shape index (κ1) is 18.4. The number of ketones is 1. The van der Waals surface area contributed by atoms with Crippen LogP contribution in [-0.2, 0) is 14.4 Å². The predicted octanol–water partition coefficient (Wildman–Crippen LogP) is 1.43. The van der Waals surface area contributed by atoms with Crippen molar-refractivity contribution in [1.29, 1.82) is 0 Å². The zero-order valence-electron chi connectivity index (χ0n) is 15.7. The molecule has 140 valence electrons. The largest absolute Gasteiger partial charge is 0.331 e. The second-order valence-corrected chi connectivity index (χ2v) is 7.98. The van der Waals surface area contributed by atoms with E-state index >= 15 is 0 Å². The number of rotatable bonds is 4. The van der Waals surface area contributed by atoms with Crippen LogP contribution >= 0.6 is 0 Å². The van der Waals surface area contributed by atoms with Gasteiger partial charge in [-0.25, -0.2) is 0 Å². The molecule has 25 heavy (non-hydrogen) atoms. The smallest absolute Gasteiger partial charge is 0.245 e. The van der Waals surface area contributed by atoms with Crippen LogP contribution < -0.4 is 0 Å². The number of hydrogen-bond donors (Lipinski definition) is 0. The molecule has 3 atom stereocenters. The molecule has 6 heteroatoms. The number of amides is 2. The highest BCUT2D eigenvalue weighted by Crippen LogP contribution is 2.29. The van der Waals surface area contributed by atoms with Crippen LogP contribution in [0.4, 0.5) is 0 Å². The third kappa shape index (κ3) is 3.46. The van der Waals surface area contributed by atoms with Gasteiger partial charge in [0.1, 0.15) is 6.04 Å². The lowest BCUT2D eigenvalue weighted by Gasteiger charge is -2.34. The van der Waals surface area contributed by atoms with Crippen LogP contribution in [0.2, 0.25) is 0 Å². The topological polar surface area (TPSA) is 60.9 Å². The lowest BCUT2D eigenvalue weighted by molar-refractivity contribution is -0.148. The fourth-order valence-corrected chi connectivity index (χ4v) is 4.80. The van der Waals surface area contributed by atoms with E-state index in [2.05, 4.69) is 18.7 Å². The Morgan fingerprint density at radius 3 is 1.84 bits per heavy atom. The number of Topliss-reactive ketones (excluding diaryl/α,β-unsaturated/α-hetero) is 1. The lowest BCUT2D eigenvalue weighted by Crippen LogP contribution is -2.54. The molecular formula is C19H31N3O3. The summed E-state index contributed by atoms with van der Waals surface area (Å²) in [7, 11) is 0. The van der Waals surface area contributed by atoms with Crippen molar-refractivity contribution in [3.8, 4) is 0 Å². The highest BCUT2D eigenvalue weighted by atomic mass is 16.2. The molecule has 0 aromatic rings. The van der Waals surface area contributed by atoms with E-state index in [1.807, 2.05) is 4.90 Å². The standard InChI is InChI=1S/C19H31N3O3/c1-13(2)20-10-5-8-16(20)18(24)22-12-6-9-17(22)19(25)21-11-4-7-15(21)14(3)23/h13,15-17H,4-12H2,1-3H3. The average molecular weight is 349 g/mol. The van der Waals surface area contributed by atoms with Gasteiger partial charge in [-0.05, 0) is 65.8 Å². The molecule has 0 aromatic heterocycles. The van der Waals surface area contributed by atoms with Gasteiger partial charge in [-0.1, -0.05) is 0 Å². The zero-order chi connectivity index (χ0) is 18.1. The van der Waals surface area contributed by atoms with Gasteiger partial charge >= 0.3 is 0 Å². The Morgan fingerprint density at radius 1 is 0.760 bits per heavy atom. The maximum atomic E-state index is 13.2. The lowest BCUT2D eigenvalue weighted by atomic mass is 10.1. The number of nitrogens with zero attached hydrogens (tertiary/aromatic N) is 3. The molecule has 0 aliphatic carbocycles. The van der Waals surface area contributed by atoms with Crippen LogP contribution in [0.25, 0.3) is 0 Å². The van der Waals surface area contributed by atoms with E-state index in [-0.39, 0.29) is 35.7 Å². The van der Waals surface area contributed by atoms with E-state index in [1.54, 1.807) is 11.8 Å². The van der Waals surface area contributed by atoms with Gasteiger partial charge < -0.3 is 9.80 Å². The zero-order valence-corrected chi connectivity index (χ0v) is 15.7. The van der Waals surface area contributed by atoms with E-state index < -0.39 is 0 Å². The van der Waals surface area contributed by atoms with Gasteiger partial charge in [0.25, 0.3) is 0 Å². The molecule has 3 unspecified atom stereocenters. The molecule has 3 fully saturated rings. The summed E-state index contributed by atoms with van der Waals surface area (Å²) < 4.78 is 0. The van der Waals surface area contributed by atoms with E-state index in [4.69, 9.17) is 0 Å². The summed E-state index contributed by atoms with van der Waals surface area (Å²) in [4.78, 5) is 43.9. The van der Waals surface area contributed by atoms with Gasteiger partial charge in [-0.2, -0.15) is 0 Å². The minimum atomic E-state index is -0.373. The quantitative estimate of drug-likeness (QED) is 0.770. The summed E-state index contributed by atoms with van der Waals surface area (Å²) in [6.45, 7) is 8.07. The molecule has 3 aliphatic rings. The Labute approximate surface area is 150 Å². The van der Waals surface area contributed by atoms with Crippen molar-refractivity contribution in [3.05, 3.63) is 0 Å². The number of carbonyl (C=O) groups excluding carboxylic acids is 3. The summed E-state index contributed by atoms with van der Waals surface area (Å²) in [6, 6.07) is -0.407. The van der Waals surface area contributed by atoms with Gasteiger partial charge in [0.15, 0.2) is 5.78 Å². The Kier molecular flexibility index (Phi) is 5.46. The normalized spacial score (nSPS) is 30.5. The first-order chi connectivity index (χ1) is 11.9. The van der Waals surface area contributed by atoms with Gasteiger partial charge in [0.2, 0.25) is 11.8 Å². The molecule has 0 bridgehead atoms. The maximum absolute atomic E-state index is 13.2. The van der Waals surface area contributed by atoms with E-state index in [1.165, 1.54) is 0 Å². The molecule has 6 nitrogen and oxygen atoms in total. The van der Waals surface area contributed by atoms with Gasteiger partial charge in [-0.15, -0.1) is 0 Å². The number of hydrogen-bond acceptors (Lipinski definition) is 4. The summed E-state index contributed by atoms with van der Waals surface area (Å²) in [6.07, 6.45) is 5.15. The molecule has 0 radical (unpaired) electrons. The minimum absolute atomic E-state index is 0.0161. The number of carbonyl (C=O) groups is 3. The Bertz CT molecular complexity index is 548. The maximum Gasteiger partial charge on any atom is 0.245 e. The molecule has 3 rings (SSSR count). The predicted molar refractivity (Wildman–Crippen MR) is 95.0 cm³/mol. The van der Waals surface area contributed by atoms with E-state index in [9.17, 15) is 14.4 Å². The second-order valence-electron chi connectivity index (χ2n) is 7.98. The Hall–Kier alpha value is -1.43. The highest BCUT2D eigenvalue weighted by molar-refractivity contribution is 5.94. The highest BCUT2D eigenvalue weighted by Gasteiger charge is 2.44. The van der Waals surface area contributed by atoms with E-state index in [0.29, 0.717) is 19.1 Å². The van der Waals surface area contributed by atoms with Crippen LogP contribution in [0.1, 0.15) is 59.3 Å². The van der Waals surface area contributed by atoms with Gasteiger partial charge in [0.05, 0.1) is 12.1 Å². The van der Waals surface area contributed by atoms with Crippen molar-refractivity contribution in [1.82, 2.24) is 14.7 Å². The summed E-state index contributed by atoms with van der Waals surface area (Å²) in [5, 5.41) is 0. The Balaban J connectivity index is 1.73. The SMILES string of the molecule is CC(=O)C1CCCN1C(=O)C1CCCN1C(=O)C1CCCN1C(C)C. The fraction of sp³-hybridized carbons (Fsp3) is 0.842. The molecule has 0 saturated carbocycles. The van der Waals surface area contributed by atoms with Crippen LogP contribution in [0, 0.1) is 0 Å². The second kappa shape index (κ2) is 7.44. The Morgan fingerprint density at radius 2 is 1.24 bits per heavy atom. The van der Waals surface area contributed by atoms with Crippen molar-refractivity contribution in [3.63, 3.8) is 0 Å². The third-order valence-electron chi connectivity index (χ3n) is 6.07. The van der Waals surface area contributed by atoms with Gasteiger partial charge in [-0.3, -0.25) is 19.3 Å². The van der Waals surface area contributed by atoms with Crippen molar-refractivity contribution in [2.75, 3.05) is 19.6 Å². The summed E-state index contributed by atoms with van der Waals surface area (Å²) in [5.41, 5.74) is 0. The van der Waals surface area contributed by atoms with Gasteiger partial charge in [0, 0.05) is 19.1 Å². The fourth-order valence-electron chi connectivity index (χ4n) is 4.80. The third-order valence-corrected chi connectivity index (χ3v) is 6.07.